The molecule has 0 aromatic rings. The van der Waals surface area contributed by atoms with Crippen molar-refractivity contribution in [2.45, 2.75) is 13.8 Å². The van der Waals surface area contributed by atoms with Gasteiger partial charge in [-0.25, -0.2) is 0 Å². The maximum atomic E-state index is 5.24. The van der Waals surface area contributed by atoms with Crippen molar-refractivity contribution >= 4 is 0 Å². The largest absolute Gasteiger partial charge is 0.295 e. The molecule has 0 unspecified atom stereocenters. The van der Waals surface area contributed by atoms with E-state index in [1.807, 2.05) is 12.1 Å². The van der Waals surface area contributed by atoms with E-state index in [4.69, 9.17) is 4.84 Å². The van der Waals surface area contributed by atoms with Crippen LogP contribution in [0.2, 0.25) is 0 Å². The Kier molecular flexibility index (Phi) is 1.88. The minimum absolute atomic E-state index is 0.766. The van der Waals surface area contributed by atoms with Crippen LogP contribution in [0.15, 0.2) is 11.1 Å². The highest BCUT2D eigenvalue weighted by Crippen LogP contribution is 2.11. The van der Waals surface area contributed by atoms with E-state index in [2.05, 4.69) is 13.8 Å². The molecular formula is C7H13NO. The molecule has 0 fully saturated rings. The molecule has 0 N–H and O–H groups in total. The summed E-state index contributed by atoms with van der Waals surface area (Å²) < 4.78 is 0. The SMILES string of the molecule is CC1=C(C)CN(C)OC1. The highest BCUT2D eigenvalue weighted by atomic mass is 16.7. The molecule has 0 aromatic heterocycles. The summed E-state index contributed by atoms with van der Waals surface area (Å²) in [4.78, 5) is 5.24. The third-order valence-corrected chi connectivity index (χ3v) is 1.69. The van der Waals surface area contributed by atoms with E-state index < -0.39 is 0 Å². The Morgan fingerprint density at radius 1 is 1.33 bits per heavy atom. The van der Waals surface area contributed by atoms with Crippen molar-refractivity contribution in [1.29, 1.82) is 0 Å². The summed E-state index contributed by atoms with van der Waals surface area (Å²) in [6, 6.07) is 0. The molecule has 1 aliphatic rings. The van der Waals surface area contributed by atoms with Crippen LogP contribution in [0.5, 0.6) is 0 Å². The van der Waals surface area contributed by atoms with Crippen molar-refractivity contribution in [3.8, 4) is 0 Å². The van der Waals surface area contributed by atoms with Gasteiger partial charge in [0.15, 0.2) is 0 Å². The second-order valence-corrected chi connectivity index (χ2v) is 2.62. The van der Waals surface area contributed by atoms with Crippen molar-refractivity contribution in [1.82, 2.24) is 5.06 Å². The van der Waals surface area contributed by atoms with Gasteiger partial charge in [0.1, 0.15) is 0 Å². The Labute approximate surface area is 56.1 Å². The van der Waals surface area contributed by atoms with Crippen LogP contribution in [-0.2, 0) is 4.84 Å². The first-order valence-electron chi connectivity index (χ1n) is 3.19. The van der Waals surface area contributed by atoms with Crippen molar-refractivity contribution in [3.63, 3.8) is 0 Å². The molecule has 0 radical (unpaired) electrons. The molecule has 2 nitrogen and oxygen atoms in total. The quantitative estimate of drug-likeness (QED) is 0.453. The maximum Gasteiger partial charge on any atom is 0.0896 e. The van der Waals surface area contributed by atoms with Gasteiger partial charge in [-0.15, -0.1) is 0 Å². The molecule has 0 aliphatic carbocycles. The molecule has 1 aliphatic heterocycles. The zero-order chi connectivity index (χ0) is 6.85. The summed E-state index contributed by atoms with van der Waals surface area (Å²) in [5.74, 6) is 0. The molecule has 9 heavy (non-hydrogen) atoms. The van der Waals surface area contributed by atoms with Crippen LogP contribution in [0.4, 0.5) is 0 Å². The van der Waals surface area contributed by atoms with Crippen LogP contribution in [0, 0.1) is 0 Å². The summed E-state index contributed by atoms with van der Waals surface area (Å²) in [7, 11) is 1.95. The number of rotatable bonds is 0. The Morgan fingerprint density at radius 2 is 2.00 bits per heavy atom. The van der Waals surface area contributed by atoms with Gasteiger partial charge in [0.05, 0.1) is 6.61 Å². The Hall–Kier alpha value is -0.340. The average Bonchev–Trinajstić information content (AvgIpc) is 1.80. The third-order valence-electron chi connectivity index (χ3n) is 1.69. The fourth-order valence-corrected chi connectivity index (χ4v) is 0.845. The Bertz CT molecular complexity index is 140. The van der Waals surface area contributed by atoms with Gasteiger partial charge in [0.2, 0.25) is 0 Å². The minimum atomic E-state index is 0.766. The van der Waals surface area contributed by atoms with Gasteiger partial charge in [0.25, 0.3) is 0 Å². The van der Waals surface area contributed by atoms with Crippen molar-refractivity contribution in [2.24, 2.45) is 0 Å². The minimum Gasteiger partial charge on any atom is -0.295 e. The van der Waals surface area contributed by atoms with Gasteiger partial charge in [-0.05, 0) is 19.4 Å². The molecule has 0 bridgehead atoms. The number of nitrogens with zero attached hydrogens (tertiary/aromatic N) is 1. The summed E-state index contributed by atoms with van der Waals surface area (Å²) in [6.45, 7) is 5.98. The Morgan fingerprint density at radius 3 is 2.44 bits per heavy atom. The van der Waals surface area contributed by atoms with Crippen molar-refractivity contribution in [2.75, 3.05) is 20.2 Å². The molecule has 1 heterocycles. The lowest BCUT2D eigenvalue weighted by Gasteiger charge is -2.23. The standard InChI is InChI=1S/C7H13NO/c1-6-4-8(3)9-5-7(6)2/h4-5H2,1-3H3. The zero-order valence-electron chi connectivity index (χ0n) is 6.27. The number of hydrogen-bond donors (Lipinski definition) is 0. The lowest BCUT2D eigenvalue weighted by molar-refractivity contribution is -0.132. The number of hydroxylamine groups is 2. The predicted octanol–water partition coefficient (Wildman–Crippen LogP) is 1.20. The molecule has 0 spiro atoms. The topological polar surface area (TPSA) is 12.5 Å². The summed E-state index contributed by atoms with van der Waals surface area (Å²) in [5.41, 5.74) is 2.80. The van der Waals surface area contributed by atoms with Crippen LogP contribution in [-0.4, -0.2) is 25.3 Å². The van der Waals surface area contributed by atoms with Gasteiger partial charge in [-0.1, -0.05) is 5.57 Å². The maximum absolute atomic E-state index is 5.24. The second-order valence-electron chi connectivity index (χ2n) is 2.62. The molecule has 0 aromatic carbocycles. The molecule has 0 saturated carbocycles. The smallest absolute Gasteiger partial charge is 0.0896 e. The van der Waals surface area contributed by atoms with Gasteiger partial charge >= 0.3 is 0 Å². The third kappa shape index (κ3) is 1.53. The highest BCUT2D eigenvalue weighted by molar-refractivity contribution is 5.12. The van der Waals surface area contributed by atoms with E-state index >= 15 is 0 Å². The normalized spacial score (nSPS) is 23.0. The zero-order valence-corrected chi connectivity index (χ0v) is 6.27. The van der Waals surface area contributed by atoms with Crippen molar-refractivity contribution in [3.05, 3.63) is 11.1 Å². The van der Waals surface area contributed by atoms with Gasteiger partial charge in [-0.2, -0.15) is 5.06 Å². The van der Waals surface area contributed by atoms with E-state index in [1.54, 1.807) is 0 Å². The van der Waals surface area contributed by atoms with Gasteiger partial charge < -0.3 is 0 Å². The molecule has 52 valence electrons. The number of likely N-dealkylation sites (N-methyl/N-ethyl adjacent to an activating group) is 1. The van der Waals surface area contributed by atoms with Crippen LogP contribution >= 0.6 is 0 Å². The lowest BCUT2D eigenvalue weighted by atomic mass is 10.1. The van der Waals surface area contributed by atoms with Crippen LogP contribution in [0.1, 0.15) is 13.8 Å². The summed E-state index contributed by atoms with van der Waals surface area (Å²) >= 11 is 0. The Balaban J connectivity index is 2.61. The molecular weight excluding hydrogens is 114 g/mol. The predicted molar refractivity (Wildman–Crippen MR) is 37.0 cm³/mol. The molecule has 0 atom stereocenters. The lowest BCUT2D eigenvalue weighted by Crippen LogP contribution is -2.27. The molecule has 2 heteroatoms. The first-order chi connectivity index (χ1) is 4.20. The summed E-state index contributed by atoms with van der Waals surface area (Å²) in [6.07, 6.45) is 0. The van der Waals surface area contributed by atoms with Crippen LogP contribution in [0.25, 0.3) is 0 Å². The summed E-state index contributed by atoms with van der Waals surface area (Å²) in [5, 5.41) is 1.86. The molecule has 0 saturated heterocycles. The first kappa shape index (κ1) is 6.78. The van der Waals surface area contributed by atoms with E-state index in [9.17, 15) is 0 Å². The van der Waals surface area contributed by atoms with E-state index in [0.717, 1.165) is 13.2 Å². The van der Waals surface area contributed by atoms with Gasteiger partial charge in [-0.3, -0.25) is 4.84 Å². The van der Waals surface area contributed by atoms with Gasteiger partial charge in [0, 0.05) is 13.6 Å². The monoisotopic (exact) mass is 127 g/mol. The van der Waals surface area contributed by atoms with Crippen LogP contribution in [0.3, 0.4) is 0 Å². The molecule has 1 rings (SSSR count). The highest BCUT2D eigenvalue weighted by Gasteiger charge is 2.08. The van der Waals surface area contributed by atoms with Crippen molar-refractivity contribution < 1.29 is 4.84 Å². The van der Waals surface area contributed by atoms with E-state index in [-0.39, 0.29) is 0 Å². The first-order valence-corrected chi connectivity index (χ1v) is 3.19. The van der Waals surface area contributed by atoms with E-state index in [0.29, 0.717) is 0 Å². The van der Waals surface area contributed by atoms with Crippen LogP contribution < -0.4 is 0 Å². The molecule has 0 amide bonds. The average molecular weight is 127 g/mol. The second kappa shape index (κ2) is 2.50. The fourth-order valence-electron chi connectivity index (χ4n) is 0.845. The fraction of sp³-hybridized carbons (Fsp3) is 0.714. The van der Waals surface area contributed by atoms with E-state index in [1.165, 1.54) is 11.1 Å². The number of hydrogen-bond acceptors (Lipinski definition) is 2.